The van der Waals surface area contributed by atoms with E-state index in [4.69, 9.17) is 14.2 Å². The number of benzene rings is 2. The summed E-state index contributed by atoms with van der Waals surface area (Å²) in [6, 6.07) is 8.72. The summed E-state index contributed by atoms with van der Waals surface area (Å²) in [5, 5.41) is 14.2. The number of hydrogen-bond donors (Lipinski definition) is 1. The molecule has 0 spiro atoms. The fourth-order valence-electron chi connectivity index (χ4n) is 2.79. The Morgan fingerprint density at radius 2 is 1.85 bits per heavy atom. The maximum absolute atomic E-state index is 13.0. The van der Waals surface area contributed by atoms with Crippen molar-refractivity contribution in [3.8, 4) is 11.5 Å². The van der Waals surface area contributed by atoms with Crippen molar-refractivity contribution in [3.05, 3.63) is 70.3 Å². The summed E-state index contributed by atoms with van der Waals surface area (Å²) in [4.78, 5) is 35.9. The van der Waals surface area contributed by atoms with Gasteiger partial charge in [-0.05, 0) is 50.6 Å². The van der Waals surface area contributed by atoms with E-state index in [9.17, 15) is 19.7 Å². The Balaban J connectivity index is 2.30. The molecule has 0 heterocycles. The Hall–Kier alpha value is -3.88. The first-order valence-electron chi connectivity index (χ1n) is 10.6. The third-order valence-corrected chi connectivity index (χ3v) is 4.34. The van der Waals surface area contributed by atoms with E-state index < -0.39 is 22.9 Å². The molecule has 0 bridgehead atoms. The zero-order chi connectivity index (χ0) is 24.4. The maximum Gasteiger partial charge on any atom is 0.338 e. The van der Waals surface area contributed by atoms with E-state index >= 15 is 0 Å². The molecule has 0 atom stereocenters. The number of amides is 1. The van der Waals surface area contributed by atoms with Gasteiger partial charge in [0.05, 0.1) is 28.8 Å². The number of rotatable bonds is 12. The maximum atomic E-state index is 13.0. The monoisotopic (exact) mass is 456 g/mol. The summed E-state index contributed by atoms with van der Waals surface area (Å²) in [6.45, 7) is 9.37. The molecule has 0 radical (unpaired) electrons. The van der Waals surface area contributed by atoms with Crippen LogP contribution in [0.15, 0.2) is 49.1 Å². The molecule has 0 aliphatic heterocycles. The van der Waals surface area contributed by atoms with Gasteiger partial charge in [-0.3, -0.25) is 14.9 Å². The van der Waals surface area contributed by atoms with Crippen molar-refractivity contribution in [3.63, 3.8) is 0 Å². The molecule has 2 aromatic rings. The molecule has 0 aliphatic rings. The predicted molar refractivity (Wildman–Crippen MR) is 124 cm³/mol. The van der Waals surface area contributed by atoms with Crippen molar-refractivity contribution in [2.45, 2.75) is 39.7 Å². The minimum Gasteiger partial charge on any atom is -0.485 e. The lowest BCUT2D eigenvalue weighted by Crippen LogP contribution is -2.16. The van der Waals surface area contributed by atoms with Gasteiger partial charge in [0.25, 0.3) is 5.91 Å². The number of esters is 1. The van der Waals surface area contributed by atoms with Gasteiger partial charge < -0.3 is 19.5 Å². The third kappa shape index (κ3) is 7.06. The van der Waals surface area contributed by atoms with Crippen LogP contribution in [0, 0.1) is 10.1 Å². The van der Waals surface area contributed by atoms with Crippen molar-refractivity contribution >= 4 is 23.3 Å². The molecule has 0 aliphatic carbocycles. The Morgan fingerprint density at radius 1 is 1.15 bits per heavy atom. The van der Waals surface area contributed by atoms with Gasteiger partial charge in [0.1, 0.15) is 6.61 Å². The summed E-state index contributed by atoms with van der Waals surface area (Å²) in [5.74, 6) is -1.18. The number of nitrogens with one attached hydrogen (secondary N) is 1. The van der Waals surface area contributed by atoms with Crippen LogP contribution in [0.4, 0.5) is 11.4 Å². The zero-order valence-electron chi connectivity index (χ0n) is 19.0. The number of nitrogens with zero attached hydrogens (tertiary/aromatic N) is 1. The molecule has 0 fully saturated rings. The molecule has 0 unspecified atom stereocenters. The van der Waals surface area contributed by atoms with E-state index in [0.717, 1.165) is 12.8 Å². The summed E-state index contributed by atoms with van der Waals surface area (Å²) in [7, 11) is 0. The Labute approximate surface area is 192 Å². The number of hydrogen-bond acceptors (Lipinski definition) is 7. The number of nitro benzene ring substituents is 1. The molecule has 0 saturated carbocycles. The van der Waals surface area contributed by atoms with Gasteiger partial charge in [-0.25, -0.2) is 4.79 Å². The SMILES string of the molecule is C=CCOc1c(C(=O)Nc2ccc(C(=O)OCCCC)cc2)ccc([N+](=O)[O-])c1OC(C)C. The number of carbonyl (C=O) groups excluding carboxylic acids is 2. The molecule has 1 amide bonds. The lowest BCUT2D eigenvalue weighted by atomic mass is 10.1. The first kappa shape index (κ1) is 25.4. The van der Waals surface area contributed by atoms with Crippen molar-refractivity contribution in [2.24, 2.45) is 0 Å². The minimum absolute atomic E-state index is 0.0186. The van der Waals surface area contributed by atoms with E-state index in [1.165, 1.54) is 18.2 Å². The molecular weight excluding hydrogens is 428 g/mol. The van der Waals surface area contributed by atoms with Crippen LogP contribution in [0.1, 0.15) is 54.3 Å². The summed E-state index contributed by atoms with van der Waals surface area (Å²) in [5.41, 5.74) is 0.526. The van der Waals surface area contributed by atoms with Gasteiger partial charge in [-0.1, -0.05) is 26.0 Å². The standard InChI is InChI=1S/C24H28N2O7/c1-5-7-15-32-24(28)17-8-10-18(11-9-17)25-23(27)19-12-13-20(26(29)30)22(33-16(3)4)21(19)31-14-6-2/h6,8-13,16H,2,5,7,14-15H2,1,3-4H3,(H,25,27). The summed E-state index contributed by atoms with van der Waals surface area (Å²) >= 11 is 0. The van der Waals surface area contributed by atoms with Crippen molar-refractivity contribution in [1.82, 2.24) is 0 Å². The predicted octanol–water partition coefficient (Wildman–Crippen LogP) is 5.16. The van der Waals surface area contributed by atoms with Crippen LogP contribution >= 0.6 is 0 Å². The number of anilines is 1. The lowest BCUT2D eigenvalue weighted by Gasteiger charge is -2.17. The Bertz CT molecular complexity index is 1000. The van der Waals surface area contributed by atoms with E-state index in [2.05, 4.69) is 11.9 Å². The van der Waals surface area contributed by atoms with Crippen LogP contribution in [-0.2, 0) is 4.74 Å². The molecule has 9 heteroatoms. The highest BCUT2D eigenvalue weighted by atomic mass is 16.6. The highest BCUT2D eigenvalue weighted by Crippen LogP contribution is 2.41. The van der Waals surface area contributed by atoms with Crippen LogP contribution < -0.4 is 14.8 Å². The van der Waals surface area contributed by atoms with Gasteiger partial charge in [0.2, 0.25) is 5.75 Å². The minimum atomic E-state index is -0.599. The first-order valence-corrected chi connectivity index (χ1v) is 10.6. The highest BCUT2D eigenvalue weighted by Gasteiger charge is 2.27. The van der Waals surface area contributed by atoms with Gasteiger partial charge in [0, 0.05) is 11.8 Å². The third-order valence-electron chi connectivity index (χ3n) is 4.34. The van der Waals surface area contributed by atoms with Crippen LogP contribution in [0.5, 0.6) is 11.5 Å². The zero-order valence-corrected chi connectivity index (χ0v) is 19.0. The first-order chi connectivity index (χ1) is 15.8. The van der Waals surface area contributed by atoms with Crippen LogP contribution in [0.2, 0.25) is 0 Å². The molecule has 176 valence electrons. The topological polar surface area (TPSA) is 117 Å². The summed E-state index contributed by atoms with van der Waals surface area (Å²) in [6.07, 6.45) is 2.77. The van der Waals surface area contributed by atoms with Gasteiger partial charge in [0.15, 0.2) is 5.75 Å². The van der Waals surface area contributed by atoms with Crippen molar-refractivity contribution < 1.29 is 28.7 Å². The quantitative estimate of drug-likeness (QED) is 0.154. The summed E-state index contributed by atoms with van der Waals surface area (Å²) < 4.78 is 16.4. The molecule has 33 heavy (non-hydrogen) atoms. The average molecular weight is 456 g/mol. The average Bonchev–Trinajstić information content (AvgIpc) is 2.77. The Kier molecular flexibility index (Phi) is 9.41. The normalized spacial score (nSPS) is 10.4. The molecule has 2 rings (SSSR count). The molecular formula is C24H28N2O7. The fourth-order valence-corrected chi connectivity index (χ4v) is 2.79. The van der Waals surface area contributed by atoms with Crippen molar-refractivity contribution in [1.29, 1.82) is 0 Å². The molecule has 0 saturated heterocycles. The van der Waals surface area contributed by atoms with Gasteiger partial charge in [-0.2, -0.15) is 0 Å². The smallest absolute Gasteiger partial charge is 0.338 e. The van der Waals surface area contributed by atoms with Gasteiger partial charge in [-0.15, -0.1) is 0 Å². The second-order valence-electron chi connectivity index (χ2n) is 7.33. The highest BCUT2D eigenvalue weighted by molar-refractivity contribution is 6.07. The fraction of sp³-hybridized carbons (Fsp3) is 0.333. The van der Waals surface area contributed by atoms with E-state index in [-0.39, 0.29) is 29.4 Å². The van der Waals surface area contributed by atoms with E-state index in [0.29, 0.717) is 17.9 Å². The van der Waals surface area contributed by atoms with Crippen LogP contribution in [0.3, 0.4) is 0 Å². The van der Waals surface area contributed by atoms with Crippen molar-refractivity contribution in [2.75, 3.05) is 18.5 Å². The number of nitro groups is 1. The Morgan fingerprint density at radius 3 is 2.42 bits per heavy atom. The van der Waals surface area contributed by atoms with E-state index in [1.807, 2.05) is 6.92 Å². The number of carbonyl (C=O) groups is 2. The van der Waals surface area contributed by atoms with E-state index in [1.54, 1.807) is 38.1 Å². The number of ether oxygens (including phenoxy) is 3. The molecule has 0 aromatic heterocycles. The molecule has 2 aromatic carbocycles. The van der Waals surface area contributed by atoms with Crippen LogP contribution in [-0.4, -0.2) is 36.1 Å². The second-order valence-corrected chi connectivity index (χ2v) is 7.33. The molecule has 9 nitrogen and oxygen atoms in total. The van der Waals surface area contributed by atoms with Crippen LogP contribution in [0.25, 0.3) is 0 Å². The lowest BCUT2D eigenvalue weighted by molar-refractivity contribution is -0.386. The second kappa shape index (κ2) is 12.2. The number of unbranched alkanes of at least 4 members (excludes halogenated alkanes) is 1. The largest absolute Gasteiger partial charge is 0.485 e. The molecule has 1 N–H and O–H groups in total. The van der Waals surface area contributed by atoms with Gasteiger partial charge >= 0.3 is 11.7 Å².